The van der Waals surface area contributed by atoms with Gasteiger partial charge in [0.2, 0.25) is 5.91 Å². The maximum absolute atomic E-state index is 12.0. The highest BCUT2D eigenvalue weighted by Gasteiger charge is 2.50. The van der Waals surface area contributed by atoms with Gasteiger partial charge >= 0.3 is 0 Å². The van der Waals surface area contributed by atoms with Crippen LogP contribution in [0.3, 0.4) is 0 Å². The van der Waals surface area contributed by atoms with Crippen LogP contribution >= 0.6 is 0 Å². The fourth-order valence-electron chi connectivity index (χ4n) is 2.17. The van der Waals surface area contributed by atoms with Crippen molar-refractivity contribution in [1.29, 1.82) is 0 Å². The van der Waals surface area contributed by atoms with Crippen molar-refractivity contribution in [3.05, 3.63) is 29.8 Å². The average molecular weight is 246 g/mol. The van der Waals surface area contributed by atoms with Gasteiger partial charge in [0.05, 0.1) is 0 Å². The Kier molecular flexibility index (Phi) is 3.71. The second kappa shape index (κ2) is 5.11. The molecule has 0 aliphatic heterocycles. The number of nitrogens with one attached hydrogen (secondary N) is 2. The molecule has 3 nitrogen and oxygen atoms in total. The Morgan fingerprint density at radius 1 is 1.44 bits per heavy atom. The van der Waals surface area contributed by atoms with Gasteiger partial charge in [-0.05, 0) is 36.1 Å². The van der Waals surface area contributed by atoms with Crippen LogP contribution < -0.4 is 10.6 Å². The second-order valence-corrected chi connectivity index (χ2v) is 5.72. The van der Waals surface area contributed by atoms with Gasteiger partial charge in [-0.3, -0.25) is 4.79 Å². The molecule has 18 heavy (non-hydrogen) atoms. The molecule has 1 atom stereocenters. The monoisotopic (exact) mass is 246 g/mol. The first kappa shape index (κ1) is 13.1. The summed E-state index contributed by atoms with van der Waals surface area (Å²) in [6.45, 7) is 8.15. The first-order chi connectivity index (χ1) is 8.53. The van der Waals surface area contributed by atoms with Crippen LogP contribution in [0.1, 0.15) is 32.8 Å². The van der Waals surface area contributed by atoms with E-state index in [9.17, 15) is 4.79 Å². The van der Waals surface area contributed by atoms with E-state index in [-0.39, 0.29) is 17.2 Å². The number of hydrogen-bond acceptors (Lipinski definition) is 2. The summed E-state index contributed by atoms with van der Waals surface area (Å²) in [6.07, 6.45) is 0.996. The minimum atomic E-state index is 0.153. The highest BCUT2D eigenvalue weighted by Crippen LogP contribution is 2.51. The lowest BCUT2D eigenvalue weighted by molar-refractivity contribution is -0.117. The molecule has 1 unspecified atom stereocenters. The van der Waals surface area contributed by atoms with Crippen LogP contribution in [-0.4, -0.2) is 12.5 Å². The Morgan fingerprint density at radius 3 is 2.78 bits per heavy atom. The number of anilines is 1. The zero-order valence-electron chi connectivity index (χ0n) is 11.4. The van der Waals surface area contributed by atoms with Gasteiger partial charge in [-0.15, -0.1) is 0 Å². The third-order valence-corrected chi connectivity index (χ3v) is 3.60. The van der Waals surface area contributed by atoms with Crippen molar-refractivity contribution in [2.24, 2.45) is 11.3 Å². The lowest BCUT2D eigenvalue weighted by Gasteiger charge is -2.08. The molecule has 98 valence electrons. The van der Waals surface area contributed by atoms with Gasteiger partial charge in [0.15, 0.2) is 0 Å². The molecule has 3 heteroatoms. The highest BCUT2D eigenvalue weighted by atomic mass is 16.2. The molecule has 0 spiro atoms. The Labute approximate surface area is 109 Å². The Morgan fingerprint density at radius 2 is 2.17 bits per heavy atom. The summed E-state index contributed by atoms with van der Waals surface area (Å²) < 4.78 is 0. The number of amides is 1. The van der Waals surface area contributed by atoms with E-state index in [2.05, 4.69) is 37.5 Å². The van der Waals surface area contributed by atoms with Gasteiger partial charge in [-0.2, -0.15) is 0 Å². The summed E-state index contributed by atoms with van der Waals surface area (Å²) in [6, 6.07) is 8.04. The summed E-state index contributed by atoms with van der Waals surface area (Å²) >= 11 is 0. The maximum Gasteiger partial charge on any atom is 0.228 e. The zero-order valence-corrected chi connectivity index (χ0v) is 11.4. The molecule has 1 saturated carbocycles. The predicted octanol–water partition coefficient (Wildman–Crippen LogP) is 2.78. The summed E-state index contributed by atoms with van der Waals surface area (Å²) in [5, 5.41) is 6.29. The van der Waals surface area contributed by atoms with E-state index in [0.717, 1.165) is 25.2 Å². The normalized spacial score (nSPS) is 20.5. The number of benzene rings is 1. The van der Waals surface area contributed by atoms with Crippen LogP contribution in [0.15, 0.2) is 24.3 Å². The molecule has 0 aromatic heterocycles. The van der Waals surface area contributed by atoms with E-state index < -0.39 is 0 Å². The van der Waals surface area contributed by atoms with E-state index in [4.69, 9.17) is 0 Å². The Balaban J connectivity index is 1.95. The van der Waals surface area contributed by atoms with Gasteiger partial charge in [0.25, 0.3) is 0 Å². The van der Waals surface area contributed by atoms with Crippen molar-refractivity contribution in [3.63, 3.8) is 0 Å². The van der Waals surface area contributed by atoms with Crippen molar-refractivity contribution in [3.8, 4) is 0 Å². The van der Waals surface area contributed by atoms with E-state index >= 15 is 0 Å². The van der Waals surface area contributed by atoms with Gasteiger partial charge in [0, 0.05) is 18.2 Å². The third-order valence-electron chi connectivity index (χ3n) is 3.60. The number of carbonyl (C=O) groups is 1. The van der Waals surface area contributed by atoms with Gasteiger partial charge in [-0.25, -0.2) is 0 Å². The lowest BCUT2D eigenvalue weighted by atomic mass is 10.1. The fraction of sp³-hybridized carbons (Fsp3) is 0.533. The van der Waals surface area contributed by atoms with Crippen molar-refractivity contribution in [1.82, 2.24) is 5.32 Å². The molecule has 1 aromatic rings. The molecule has 1 aromatic carbocycles. The molecule has 0 heterocycles. The summed E-state index contributed by atoms with van der Waals surface area (Å²) in [5.74, 6) is 0.329. The predicted molar refractivity (Wildman–Crippen MR) is 74.3 cm³/mol. The smallest absolute Gasteiger partial charge is 0.228 e. The summed E-state index contributed by atoms with van der Waals surface area (Å²) in [5.41, 5.74) is 2.29. The SMILES string of the molecule is CCNCc1cccc(NC(=O)C2CC2(C)C)c1. The standard InChI is InChI=1S/C15H22N2O/c1-4-16-10-11-6-5-7-12(8-11)17-14(18)13-9-15(13,2)3/h5-8,13,16H,4,9-10H2,1-3H3,(H,17,18). The summed E-state index contributed by atoms with van der Waals surface area (Å²) in [7, 11) is 0. The van der Waals surface area contributed by atoms with Crippen LogP contribution in [0.4, 0.5) is 5.69 Å². The third kappa shape index (κ3) is 3.10. The van der Waals surface area contributed by atoms with Crippen LogP contribution in [0, 0.1) is 11.3 Å². The molecule has 2 N–H and O–H groups in total. The van der Waals surface area contributed by atoms with E-state index in [0.29, 0.717) is 0 Å². The van der Waals surface area contributed by atoms with Crippen molar-refractivity contribution in [2.45, 2.75) is 33.7 Å². The van der Waals surface area contributed by atoms with E-state index in [1.165, 1.54) is 5.56 Å². The van der Waals surface area contributed by atoms with Crippen LogP contribution in [-0.2, 0) is 11.3 Å². The van der Waals surface area contributed by atoms with Crippen molar-refractivity contribution < 1.29 is 4.79 Å². The van der Waals surface area contributed by atoms with Gasteiger partial charge < -0.3 is 10.6 Å². The molecule has 1 fully saturated rings. The van der Waals surface area contributed by atoms with Crippen molar-refractivity contribution >= 4 is 11.6 Å². The molecule has 1 amide bonds. The molecule has 2 rings (SSSR count). The van der Waals surface area contributed by atoms with Crippen LogP contribution in [0.2, 0.25) is 0 Å². The number of rotatable bonds is 5. The zero-order chi connectivity index (χ0) is 13.2. The molecule has 0 saturated heterocycles. The molecule has 1 aliphatic carbocycles. The lowest BCUT2D eigenvalue weighted by Crippen LogP contribution is -2.17. The molecular formula is C15H22N2O. The van der Waals surface area contributed by atoms with E-state index in [1.807, 2.05) is 18.2 Å². The largest absolute Gasteiger partial charge is 0.326 e. The Bertz CT molecular complexity index is 440. The topological polar surface area (TPSA) is 41.1 Å². The number of hydrogen-bond donors (Lipinski definition) is 2. The fourth-order valence-corrected chi connectivity index (χ4v) is 2.17. The molecule has 1 aliphatic rings. The maximum atomic E-state index is 12.0. The first-order valence-corrected chi connectivity index (χ1v) is 6.63. The first-order valence-electron chi connectivity index (χ1n) is 6.63. The van der Waals surface area contributed by atoms with Crippen LogP contribution in [0.25, 0.3) is 0 Å². The molecular weight excluding hydrogens is 224 g/mol. The minimum Gasteiger partial charge on any atom is -0.326 e. The van der Waals surface area contributed by atoms with E-state index in [1.54, 1.807) is 0 Å². The molecule has 0 radical (unpaired) electrons. The second-order valence-electron chi connectivity index (χ2n) is 5.72. The quantitative estimate of drug-likeness (QED) is 0.838. The Hall–Kier alpha value is -1.35. The van der Waals surface area contributed by atoms with Crippen LogP contribution in [0.5, 0.6) is 0 Å². The average Bonchev–Trinajstić information content (AvgIpc) is 2.96. The molecule has 0 bridgehead atoms. The van der Waals surface area contributed by atoms with Gasteiger partial charge in [0.1, 0.15) is 0 Å². The highest BCUT2D eigenvalue weighted by molar-refractivity contribution is 5.95. The van der Waals surface area contributed by atoms with Crippen molar-refractivity contribution in [2.75, 3.05) is 11.9 Å². The number of carbonyl (C=O) groups excluding carboxylic acids is 1. The summed E-state index contributed by atoms with van der Waals surface area (Å²) in [4.78, 5) is 12.0. The minimum absolute atomic E-state index is 0.153. The van der Waals surface area contributed by atoms with Gasteiger partial charge in [-0.1, -0.05) is 32.9 Å².